The standard InChI is InChI=1S/C29H31N3O3/c1-32(2)21-12-9-18(10-13-21)29-28-24(30-22-7-5-6-8-23(22)31-29)15-20(16-25(28)33)19-11-14-26(34-3)27(17-19)35-4/h5-14,17,20,28-29,31H,15-16H2,1-4H3. The Bertz CT molecular complexity index is 1270. The zero-order chi connectivity index (χ0) is 24.5. The minimum absolute atomic E-state index is 0.0411. The fourth-order valence-corrected chi connectivity index (χ4v) is 5.20. The van der Waals surface area contributed by atoms with E-state index in [9.17, 15) is 4.79 Å². The van der Waals surface area contributed by atoms with Gasteiger partial charge in [0.15, 0.2) is 11.5 Å². The predicted molar refractivity (Wildman–Crippen MR) is 141 cm³/mol. The van der Waals surface area contributed by atoms with Gasteiger partial charge in [0, 0.05) is 31.9 Å². The average molecular weight is 470 g/mol. The number of methoxy groups -OCH3 is 2. The van der Waals surface area contributed by atoms with Gasteiger partial charge >= 0.3 is 0 Å². The van der Waals surface area contributed by atoms with Crippen molar-refractivity contribution in [3.8, 4) is 11.5 Å². The van der Waals surface area contributed by atoms with E-state index in [0.717, 1.165) is 33.9 Å². The number of nitrogens with zero attached hydrogens (tertiary/aromatic N) is 2. The van der Waals surface area contributed by atoms with Gasteiger partial charge in [0.1, 0.15) is 5.78 Å². The fourth-order valence-electron chi connectivity index (χ4n) is 5.20. The largest absolute Gasteiger partial charge is 0.493 e. The number of para-hydroxylation sites is 2. The minimum Gasteiger partial charge on any atom is -0.493 e. The van der Waals surface area contributed by atoms with Crippen LogP contribution in [-0.4, -0.2) is 39.8 Å². The molecule has 3 unspecified atom stereocenters. The van der Waals surface area contributed by atoms with Crippen LogP contribution < -0.4 is 19.7 Å². The molecule has 1 aliphatic heterocycles. The molecule has 5 rings (SSSR count). The lowest BCUT2D eigenvalue weighted by Crippen LogP contribution is -2.38. The van der Waals surface area contributed by atoms with Crippen LogP contribution in [0.15, 0.2) is 71.7 Å². The van der Waals surface area contributed by atoms with Crippen LogP contribution in [0.25, 0.3) is 0 Å². The van der Waals surface area contributed by atoms with E-state index in [1.807, 2.05) is 56.6 Å². The van der Waals surface area contributed by atoms with Crippen molar-refractivity contribution in [2.24, 2.45) is 10.9 Å². The van der Waals surface area contributed by atoms with E-state index in [2.05, 4.69) is 34.5 Å². The summed E-state index contributed by atoms with van der Waals surface area (Å²) < 4.78 is 10.9. The molecule has 1 saturated carbocycles. The highest BCUT2D eigenvalue weighted by molar-refractivity contribution is 6.10. The molecule has 0 amide bonds. The van der Waals surface area contributed by atoms with E-state index >= 15 is 0 Å². The summed E-state index contributed by atoms with van der Waals surface area (Å²) in [4.78, 5) is 20.9. The monoisotopic (exact) mass is 469 g/mol. The van der Waals surface area contributed by atoms with Crippen molar-refractivity contribution in [2.75, 3.05) is 38.5 Å². The summed E-state index contributed by atoms with van der Waals surface area (Å²) in [5.41, 5.74) is 6.03. The van der Waals surface area contributed by atoms with Crippen molar-refractivity contribution >= 4 is 28.6 Å². The summed E-state index contributed by atoms with van der Waals surface area (Å²) in [6.45, 7) is 0. The van der Waals surface area contributed by atoms with Crippen LogP contribution in [0.2, 0.25) is 0 Å². The molecule has 6 heteroatoms. The molecule has 2 aliphatic rings. The second-order valence-corrected chi connectivity index (χ2v) is 9.39. The summed E-state index contributed by atoms with van der Waals surface area (Å²) >= 11 is 0. The Hall–Kier alpha value is -3.80. The van der Waals surface area contributed by atoms with Gasteiger partial charge in [0.25, 0.3) is 0 Å². The summed E-state index contributed by atoms with van der Waals surface area (Å²) in [7, 11) is 7.31. The Morgan fingerprint density at radius 2 is 1.60 bits per heavy atom. The molecule has 3 atom stereocenters. The van der Waals surface area contributed by atoms with Crippen molar-refractivity contribution in [3.05, 3.63) is 77.9 Å². The van der Waals surface area contributed by atoms with E-state index in [4.69, 9.17) is 14.5 Å². The number of nitrogens with one attached hydrogen (secondary N) is 1. The maximum absolute atomic E-state index is 13.8. The van der Waals surface area contributed by atoms with Gasteiger partial charge in [0.2, 0.25) is 0 Å². The predicted octanol–water partition coefficient (Wildman–Crippen LogP) is 5.77. The van der Waals surface area contributed by atoms with Gasteiger partial charge in [0.05, 0.1) is 37.6 Å². The molecule has 3 aromatic carbocycles. The zero-order valence-electron chi connectivity index (χ0n) is 20.6. The number of Topliss-reactive ketones (excluding diaryl/α,β-unsaturated/α-hetero) is 1. The second-order valence-electron chi connectivity index (χ2n) is 9.39. The number of ether oxygens (including phenoxy) is 2. The molecule has 0 saturated heterocycles. The molecule has 6 nitrogen and oxygen atoms in total. The van der Waals surface area contributed by atoms with Crippen molar-refractivity contribution in [3.63, 3.8) is 0 Å². The molecule has 1 aliphatic carbocycles. The number of carbonyl (C=O) groups is 1. The normalized spacial score (nSPS) is 21.1. The Morgan fingerprint density at radius 1 is 0.886 bits per heavy atom. The Labute approximate surface area is 206 Å². The molecule has 0 aromatic heterocycles. The van der Waals surface area contributed by atoms with Crippen molar-refractivity contribution in [2.45, 2.75) is 24.8 Å². The zero-order valence-corrected chi connectivity index (χ0v) is 20.6. The summed E-state index contributed by atoms with van der Waals surface area (Å²) in [5, 5.41) is 3.66. The highest BCUT2D eigenvalue weighted by Crippen LogP contribution is 2.45. The molecule has 1 N–H and O–H groups in total. The first-order chi connectivity index (χ1) is 17.0. The van der Waals surface area contributed by atoms with Crippen LogP contribution in [0, 0.1) is 5.92 Å². The van der Waals surface area contributed by atoms with E-state index < -0.39 is 0 Å². The Morgan fingerprint density at radius 3 is 2.31 bits per heavy atom. The van der Waals surface area contributed by atoms with Gasteiger partial charge in [-0.15, -0.1) is 0 Å². The number of rotatable bonds is 5. The van der Waals surface area contributed by atoms with Gasteiger partial charge in [-0.25, -0.2) is 0 Å². The lowest BCUT2D eigenvalue weighted by molar-refractivity contribution is -0.122. The maximum Gasteiger partial charge on any atom is 0.160 e. The van der Waals surface area contributed by atoms with Crippen LogP contribution in [0.5, 0.6) is 11.5 Å². The van der Waals surface area contributed by atoms with Crippen LogP contribution in [0.4, 0.5) is 17.1 Å². The van der Waals surface area contributed by atoms with Crippen LogP contribution in [-0.2, 0) is 4.79 Å². The molecule has 0 radical (unpaired) electrons. The molecule has 35 heavy (non-hydrogen) atoms. The molecule has 1 fully saturated rings. The number of aliphatic imine (C=N–C) groups is 1. The van der Waals surface area contributed by atoms with Gasteiger partial charge in [-0.2, -0.15) is 0 Å². The number of benzene rings is 3. The smallest absolute Gasteiger partial charge is 0.160 e. The Balaban J connectivity index is 1.54. The third-order valence-corrected chi connectivity index (χ3v) is 7.07. The SMILES string of the molecule is COc1ccc(C2CC(=O)C3C(=Nc4ccccc4NC3c3ccc(N(C)C)cc3)C2)cc1OC. The van der Waals surface area contributed by atoms with E-state index in [0.29, 0.717) is 24.3 Å². The molecule has 1 heterocycles. The molecule has 0 spiro atoms. The molecule has 180 valence electrons. The number of anilines is 2. The number of carbonyl (C=O) groups excluding carboxylic acids is 1. The first-order valence-corrected chi connectivity index (χ1v) is 11.9. The Kier molecular flexibility index (Phi) is 6.20. The van der Waals surface area contributed by atoms with Gasteiger partial charge in [-0.05, 0) is 59.9 Å². The van der Waals surface area contributed by atoms with Gasteiger partial charge < -0.3 is 19.7 Å². The van der Waals surface area contributed by atoms with Crippen LogP contribution in [0.1, 0.15) is 35.9 Å². The van der Waals surface area contributed by atoms with E-state index in [1.165, 1.54) is 0 Å². The number of hydrogen-bond donors (Lipinski definition) is 1. The maximum atomic E-state index is 13.8. The highest BCUT2D eigenvalue weighted by atomic mass is 16.5. The summed E-state index contributed by atoms with van der Waals surface area (Å²) in [6.07, 6.45) is 1.18. The number of fused-ring (bicyclic) bond motifs is 2. The van der Waals surface area contributed by atoms with E-state index in [1.54, 1.807) is 14.2 Å². The number of ketones is 1. The molecular formula is C29H31N3O3. The lowest BCUT2D eigenvalue weighted by Gasteiger charge is -2.34. The molecule has 3 aromatic rings. The van der Waals surface area contributed by atoms with Crippen LogP contribution >= 0.6 is 0 Å². The second kappa shape index (κ2) is 9.45. The average Bonchev–Trinajstić information content (AvgIpc) is 3.05. The van der Waals surface area contributed by atoms with Crippen molar-refractivity contribution in [1.29, 1.82) is 0 Å². The summed E-state index contributed by atoms with van der Waals surface area (Å²) in [6, 6.07) is 22.2. The van der Waals surface area contributed by atoms with Crippen molar-refractivity contribution in [1.82, 2.24) is 0 Å². The topological polar surface area (TPSA) is 63.2 Å². The van der Waals surface area contributed by atoms with Crippen molar-refractivity contribution < 1.29 is 14.3 Å². The minimum atomic E-state index is -0.316. The van der Waals surface area contributed by atoms with Gasteiger partial charge in [-0.3, -0.25) is 9.79 Å². The lowest BCUT2D eigenvalue weighted by atomic mass is 9.72. The third kappa shape index (κ3) is 4.36. The van der Waals surface area contributed by atoms with Gasteiger partial charge in [-0.1, -0.05) is 30.3 Å². The summed E-state index contributed by atoms with van der Waals surface area (Å²) in [5.74, 6) is 1.29. The fraction of sp³-hybridized carbons (Fsp3) is 0.310. The highest BCUT2D eigenvalue weighted by Gasteiger charge is 2.41. The first-order valence-electron chi connectivity index (χ1n) is 11.9. The molecule has 0 bridgehead atoms. The van der Waals surface area contributed by atoms with E-state index in [-0.39, 0.29) is 23.7 Å². The number of hydrogen-bond acceptors (Lipinski definition) is 6. The quantitative estimate of drug-likeness (QED) is 0.514. The first kappa shape index (κ1) is 23.0. The van der Waals surface area contributed by atoms with Crippen LogP contribution in [0.3, 0.4) is 0 Å². The third-order valence-electron chi connectivity index (χ3n) is 7.07. The molecular weight excluding hydrogens is 438 g/mol.